The van der Waals surface area contributed by atoms with Crippen LogP contribution in [0.2, 0.25) is 0 Å². The molecule has 0 radical (unpaired) electrons. The largest absolute Gasteiger partial charge is 0.496 e. The molecule has 0 saturated heterocycles. The maximum absolute atomic E-state index is 13.3. The van der Waals surface area contributed by atoms with Gasteiger partial charge in [-0.25, -0.2) is 13.1 Å². The third kappa shape index (κ3) is 2.84. The van der Waals surface area contributed by atoms with Crippen LogP contribution in [0.4, 0.5) is 5.69 Å². The third-order valence-corrected chi connectivity index (χ3v) is 9.53. The van der Waals surface area contributed by atoms with E-state index in [0.29, 0.717) is 16.6 Å². The second-order valence-electron chi connectivity index (χ2n) is 8.87. The highest BCUT2D eigenvalue weighted by Gasteiger charge is 2.55. The first-order valence-corrected chi connectivity index (χ1v) is 12.4. The highest BCUT2D eigenvalue weighted by atomic mass is 79.9. The van der Waals surface area contributed by atoms with Crippen LogP contribution < -0.4 is 14.4 Å². The van der Waals surface area contributed by atoms with Crippen LogP contribution in [0.3, 0.4) is 0 Å². The summed E-state index contributed by atoms with van der Waals surface area (Å²) in [7, 11) is -2.00. The molecular formula is C20H27BrN2O3S. The zero-order valence-electron chi connectivity index (χ0n) is 15.7. The average molecular weight is 455 g/mol. The minimum atomic E-state index is -3.58. The first-order valence-electron chi connectivity index (χ1n) is 10.1. The molecule has 0 spiro atoms. The number of fused-ring (bicyclic) bond motifs is 2. The fraction of sp³-hybridized carbons (Fsp3) is 0.700. The molecule has 4 fully saturated rings. The molecule has 1 aromatic carbocycles. The molecule has 148 valence electrons. The second-order valence-corrected chi connectivity index (χ2v) is 11.4. The Balaban J connectivity index is 1.64. The predicted molar refractivity (Wildman–Crippen MR) is 109 cm³/mol. The zero-order valence-corrected chi connectivity index (χ0v) is 18.1. The lowest BCUT2D eigenvalue weighted by Crippen LogP contribution is -2.56. The number of ether oxygens (including phenoxy) is 1. The molecule has 27 heavy (non-hydrogen) atoms. The van der Waals surface area contributed by atoms with Gasteiger partial charge in [0.25, 0.3) is 0 Å². The van der Waals surface area contributed by atoms with Gasteiger partial charge in [0.15, 0.2) is 0 Å². The Morgan fingerprint density at radius 3 is 2.59 bits per heavy atom. The van der Waals surface area contributed by atoms with Crippen LogP contribution in [0, 0.1) is 11.8 Å². The summed E-state index contributed by atoms with van der Waals surface area (Å²) in [6.07, 6.45) is 9.53. The molecule has 4 aliphatic carbocycles. The minimum Gasteiger partial charge on any atom is -0.496 e. The molecule has 5 aliphatic rings. The Bertz CT molecular complexity index is 855. The van der Waals surface area contributed by atoms with E-state index in [1.54, 1.807) is 13.2 Å². The number of methoxy groups -OCH3 is 1. The number of hydrogen-bond donors (Lipinski definition) is 1. The van der Waals surface area contributed by atoms with Gasteiger partial charge in [-0.1, -0.05) is 12.8 Å². The molecule has 1 atom stereocenters. The molecule has 5 nitrogen and oxygen atoms in total. The molecule has 6 rings (SSSR count). The monoisotopic (exact) mass is 454 g/mol. The van der Waals surface area contributed by atoms with E-state index < -0.39 is 10.0 Å². The van der Waals surface area contributed by atoms with E-state index in [1.807, 2.05) is 6.07 Å². The van der Waals surface area contributed by atoms with Crippen LogP contribution in [0.15, 0.2) is 21.5 Å². The van der Waals surface area contributed by atoms with Crippen molar-refractivity contribution in [3.63, 3.8) is 0 Å². The standard InChI is InChI=1S/C20H27BrN2O3S/c1-26-18-9-19-17(8-15(18)21)23(20-7-6-13(10-20)11-20)12-16(22-27(19,24)25)14-4-2-3-5-14/h8-9,13-14,16,22H,2-7,10-12H2,1H3/t13?,16-,20?/m0/s1. The molecule has 1 N–H and O–H groups in total. The second kappa shape index (κ2) is 6.36. The maximum Gasteiger partial charge on any atom is 0.243 e. The van der Waals surface area contributed by atoms with Gasteiger partial charge < -0.3 is 9.64 Å². The number of anilines is 1. The van der Waals surface area contributed by atoms with Crippen molar-refractivity contribution in [3.8, 4) is 5.75 Å². The number of nitrogens with zero attached hydrogens (tertiary/aromatic N) is 1. The van der Waals surface area contributed by atoms with E-state index in [0.717, 1.165) is 35.5 Å². The summed E-state index contributed by atoms with van der Waals surface area (Å²) in [5.74, 6) is 1.83. The lowest BCUT2D eigenvalue weighted by molar-refractivity contribution is 0.219. The summed E-state index contributed by atoms with van der Waals surface area (Å²) in [4.78, 5) is 2.82. The lowest BCUT2D eigenvalue weighted by atomic mass is 9.75. The Kier molecular flexibility index (Phi) is 4.30. The summed E-state index contributed by atoms with van der Waals surface area (Å²) in [5.41, 5.74) is 0.988. The number of hydrogen-bond acceptors (Lipinski definition) is 4. The van der Waals surface area contributed by atoms with Gasteiger partial charge in [-0.05, 0) is 72.4 Å². The van der Waals surface area contributed by atoms with Crippen LogP contribution in [0.5, 0.6) is 5.75 Å². The fourth-order valence-electron chi connectivity index (χ4n) is 6.01. The van der Waals surface area contributed by atoms with Gasteiger partial charge >= 0.3 is 0 Å². The summed E-state index contributed by atoms with van der Waals surface area (Å²) >= 11 is 3.58. The van der Waals surface area contributed by atoms with E-state index in [9.17, 15) is 8.42 Å². The van der Waals surface area contributed by atoms with Crippen molar-refractivity contribution < 1.29 is 13.2 Å². The van der Waals surface area contributed by atoms with Crippen LogP contribution in [-0.2, 0) is 10.0 Å². The Morgan fingerprint density at radius 2 is 1.96 bits per heavy atom. The van der Waals surface area contributed by atoms with Gasteiger partial charge in [-0.3, -0.25) is 0 Å². The number of halogens is 1. The third-order valence-electron chi connectivity index (χ3n) is 7.40. The first kappa shape index (κ1) is 18.3. The van der Waals surface area contributed by atoms with E-state index >= 15 is 0 Å². The van der Waals surface area contributed by atoms with Crippen molar-refractivity contribution in [2.75, 3.05) is 18.6 Å². The quantitative estimate of drug-likeness (QED) is 0.747. The number of sulfonamides is 1. The molecule has 7 heteroatoms. The van der Waals surface area contributed by atoms with Crippen LogP contribution >= 0.6 is 15.9 Å². The smallest absolute Gasteiger partial charge is 0.243 e. The SMILES string of the molecule is COc1cc2c(cc1Br)N(C13CCC(C1)C3)C[C@@H](C1CCCC1)NS2(=O)=O. The van der Waals surface area contributed by atoms with Gasteiger partial charge in [0, 0.05) is 24.2 Å². The molecular weight excluding hydrogens is 428 g/mol. The molecule has 0 aromatic heterocycles. The minimum absolute atomic E-state index is 0.0105. The van der Waals surface area contributed by atoms with Crippen LogP contribution in [-0.4, -0.2) is 33.7 Å². The maximum atomic E-state index is 13.3. The highest BCUT2D eigenvalue weighted by Crippen LogP contribution is 2.58. The van der Waals surface area contributed by atoms with Gasteiger partial charge in [-0.2, -0.15) is 0 Å². The number of nitrogens with one attached hydrogen (secondary N) is 1. The van der Waals surface area contributed by atoms with E-state index in [1.165, 1.54) is 38.5 Å². The van der Waals surface area contributed by atoms with Crippen LogP contribution in [0.25, 0.3) is 0 Å². The topological polar surface area (TPSA) is 58.6 Å². The molecule has 1 heterocycles. The van der Waals surface area contributed by atoms with Gasteiger partial charge in [0.2, 0.25) is 10.0 Å². The Hall–Kier alpha value is -0.790. The van der Waals surface area contributed by atoms with Gasteiger partial charge in [-0.15, -0.1) is 0 Å². The molecule has 4 saturated carbocycles. The molecule has 1 aliphatic heterocycles. The molecule has 2 bridgehead atoms. The normalized spacial score (nSPS) is 34.8. The summed E-state index contributed by atoms with van der Waals surface area (Å²) < 4.78 is 35.9. The summed E-state index contributed by atoms with van der Waals surface area (Å²) in [6.45, 7) is 0.780. The lowest BCUT2D eigenvalue weighted by Gasteiger charge is -2.50. The Labute approximate surface area is 170 Å². The number of benzene rings is 1. The van der Waals surface area contributed by atoms with Crippen LogP contribution in [0.1, 0.15) is 51.4 Å². The van der Waals surface area contributed by atoms with E-state index in [2.05, 4.69) is 25.6 Å². The molecule has 1 aromatic rings. The first-order chi connectivity index (χ1) is 12.9. The summed E-state index contributed by atoms with van der Waals surface area (Å²) in [6, 6.07) is 3.64. The predicted octanol–water partition coefficient (Wildman–Crippen LogP) is 4.06. The van der Waals surface area contributed by atoms with Crippen molar-refractivity contribution >= 4 is 31.6 Å². The average Bonchev–Trinajstić information content (AvgIpc) is 3.33. The van der Waals surface area contributed by atoms with Crippen molar-refractivity contribution in [1.29, 1.82) is 0 Å². The van der Waals surface area contributed by atoms with Crippen molar-refractivity contribution in [1.82, 2.24) is 4.72 Å². The summed E-state index contributed by atoms with van der Waals surface area (Å²) in [5, 5.41) is 0. The molecule has 0 amide bonds. The fourth-order valence-corrected chi connectivity index (χ4v) is 8.00. The highest BCUT2D eigenvalue weighted by molar-refractivity contribution is 9.10. The van der Waals surface area contributed by atoms with E-state index in [-0.39, 0.29) is 11.6 Å². The van der Waals surface area contributed by atoms with Crippen molar-refractivity contribution in [2.45, 2.75) is 67.8 Å². The van der Waals surface area contributed by atoms with Gasteiger partial charge in [0.1, 0.15) is 10.6 Å². The van der Waals surface area contributed by atoms with E-state index in [4.69, 9.17) is 4.74 Å². The zero-order chi connectivity index (χ0) is 18.8. The van der Waals surface area contributed by atoms with Crippen molar-refractivity contribution in [2.24, 2.45) is 11.8 Å². The van der Waals surface area contributed by atoms with Gasteiger partial charge in [0.05, 0.1) is 17.3 Å². The number of rotatable bonds is 3. The molecule has 0 unspecified atom stereocenters. The Morgan fingerprint density at radius 1 is 1.22 bits per heavy atom. The van der Waals surface area contributed by atoms with Crippen molar-refractivity contribution in [3.05, 3.63) is 16.6 Å².